The van der Waals surface area contributed by atoms with Gasteiger partial charge in [0.2, 0.25) is 0 Å². The highest BCUT2D eigenvalue weighted by molar-refractivity contribution is 6.35. The second-order valence-electron chi connectivity index (χ2n) is 5.20. The van der Waals surface area contributed by atoms with Crippen molar-refractivity contribution < 1.29 is 9.21 Å². The van der Waals surface area contributed by atoms with Crippen molar-refractivity contribution in [1.82, 2.24) is 0 Å². The normalized spacial score (nSPS) is 19.1. The van der Waals surface area contributed by atoms with Gasteiger partial charge in [0.15, 0.2) is 5.78 Å². The molecule has 1 aliphatic carbocycles. The van der Waals surface area contributed by atoms with E-state index in [1.807, 2.05) is 30.4 Å². The molecule has 3 rings (SSSR count). The lowest BCUT2D eigenvalue weighted by molar-refractivity contribution is -0.112. The van der Waals surface area contributed by atoms with E-state index in [9.17, 15) is 4.79 Å². The lowest BCUT2D eigenvalue weighted by atomic mass is 9.87. The number of hydrogen-bond acceptors (Lipinski definition) is 2. The Morgan fingerprint density at radius 3 is 2.50 bits per heavy atom. The number of rotatable bonds is 2. The third-order valence-corrected chi connectivity index (χ3v) is 4.19. The van der Waals surface area contributed by atoms with Crippen molar-refractivity contribution in [3.63, 3.8) is 0 Å². The average molecular weight is 333 g/mol. The SMILES string of the molecule is O=C1C(=Cc2ccco2)CCCC1=Cc1ccc(Cl)cc1Cl. The van der Waals surface area contributed by atoms with Gasteiger partial charge in [0, 0.05) is 21.2 Å². The van der Waals surface area contributed by atoms with Crippen LogP contribution in [0.1, 0.15) is 30.6 Å². The molecule has 0 bridgehead atoms. The van der Waals surface area contributed by atoms with Crippen LogP contribution in [0.3, 0.4) is 0 Å². The molecule has 112 valence electrons. The molecule has 0 radical (unpaired) electrons. The molecule has 2 aromatic rings. The van der Waals surface area contributed by atoms with Gasteiger partial charge >= 0.3 is 0 Å². The summed E-state index contributed by atoms with van der Waals surface area (Å²) in [6.45, 7) is 0. The summed E-state index contributed by atoms with van der Waals surface area (Å²) in [4.78, 5) is 12.6. The third kappa shape index (κ3) is 3.34. The Balaban J connectivity index is 1.91. The average Bonchev–Trinajstić information content (AvgIpc) is 2.99. The quantitative estimate of drug-likeness (QED) is 0.650. The molecule has 0 amide bonds. The Kier molecular flexibility index (Phi) is 4.51. The van der Waals surface area contributed by atoms with E-state index in [0.717, 1.165) is 36.0 Å². The molecule has 0 saturated heterocycles. The van der Waals surface area contributed by atoms with Crippen LogP contribution in [0, 0.1) is 0 Å². The van der Waals surface area contributed by atoms with Crippen molar-refractivity contribution in [2.24, 2.45) is 0 Å². The highest BCUT2D eigenvalue weighted by Gasteiger charge is 2.21. The van der Waals surface area contributed by atoms with Gasteiger partial charge in [-0.1, -0.05) is 29.3 Å². The maximum absolute atomic E-state index is 12.6. The molecular weight excluding hydrogens is 319 g/mol. The zero-order valence-electron chi connectivity index (χ0n) is 11.8. The molecule has 1 aromatic carbocycles. The van der Waals surface area contributed by atoms with Gasteiger partial charge in [-0.25, -0.2) is 0 Å². The van der Waals surface area contributed by atoms with E-state index in [-0.39, 0.29) is 5.78 Å². The summed E-state index contributed by atoms with van der Waals surface area (Å²) in [5, 5.41) is 1.13. The molecule has 1 aromatic heterocycles. The van der Waals surface area contributed by atoms with Crippen molar-refractivity contribution in [2.75, 3.05) is 0 Å². The number of ketones is 1. The minimum Gasteiger partial charge on any atom is -0.465 e. The summed E-state index contributed by atoms with van der Waals surface area (Å²) in [7, 11) is 0. The molecule has 2 nitrogen and oxygen atoms in total. The van der Waals surface area contributed by atoms with Crippen molar-refractivity contribution in [1.29, 1.82) is 0 Å². The number of allylic oxidation sites excluding steroid dienone is 2. The van der Waals surface area contributed by atoms with E-state index in [1.165, 1.54) is 0 Å². The maximum atomic E-state index is 12.6. The van der Waals surface area contributed by atoms with Crippen molar-refractivity contribution in [3.8, 4) is 0 Å². The monoisotopic (exact) mass is 332 g/mol. The van der Waals surface area contributed by atoms with Crippen molar-refractivity contribution in [3.05, 3.63) is 69.1 Å². The van der Waals surface area contributed by atoms with Gasteiger partial charge in [0.25, 0.3) is 0 Å². The van der Waals surface area contributed by atoms with Crippen LogP contribution in [0.25, 0.3) is 12.2 Å². The molecule has 1 saturated carbocycles. The van der Waals surface area contributed by atoms with E-state index in [0.29, 0.717) is 15.8 Å². The first-order chi connectivity index (χ1) is 10.6. The zero-order chi connectivity index (χ0) is 15.5. The van der Waals surface area contributed by atoms with E-state index < -0.39 is 0 Å². The molecule has 1 aliphatic rings. The van der Waals surface area contributed by atoms with E-state index in [4.69, 9.17) is 27.6 Å². The third-order valence-electron chi connectivity index (χ3n) is 3.63. The highest BCUT2D eigenvalue weighted by Crippen LogP contribution is 2.30. The molecule has 0 atom stereocenters. The fourth-order valence-electron chi connectivity index (χ4n) is 2.53. The maximum Gasteiger partial charge on any atom is 0.185 e. The smallest absolute Gasteiger partial charge is 0.185 e. The van der Waals surface area contributed by atoms with Gasteiger partial charge in [-0.3, -0.25) is 4.79 Å². The second-order valence-corrected chi connectivity index (χ2v) is 6.05. The van der Waals surface area contributed by atoms with Crippen LogP contribution in [0.4, 0.5) is 0 Å². The minimum atomic E-state index is 0.0636. The van der Waals surface area contributed by atoms with Gasteiger partial charge < -0.3 is 4.42 Å². The fraction of sp³-hybridized carbons (Fsp3) is 0.167. The molecule has 0 aliphatic heterocycles. The molecule has 0 N–H and O–H groups in total. The fourth-order valence-corrected chi connectivity index (χ4v) is 2.99. The number of Topliss-reactive ketones (excluding diaryl/α,β-unsaturated/α-hetero) is 1. The Morgan fingerprint density at radius 2 is 1.82 bits per heavy atom. The van der Waals surface area contributed by atoms with E-state index in [1.54, 1.807) is 18.4 Å². The highest BCUT2D eigenvalue weighted by atomic mass is 35.5. The Hall–Kier alpha value is -1.77. The second kappa shape index (κ2) is 6.55. The minimum absolute atomic E-state index is 0.0636. The predicted molar refractivity (Wildman–Crippen MR) is 90.0 cm³/mol. The first-order valence-corrected chi connectivity index (χ1v) is 7.83. The molecule has 1 heterocycles. The van der Waals surface area contributed by atoms with Crippen LogP contribution >= 0.6 is 23.2 Å². The zero-order valence-corrected chi connectivity index (χ0v) is 13.3. The molecule has 1 fully saturated rings. The first kappa shape index (κ1) is 15.1. The summed E-state index contributed by atoms with van der Waals surface area (Å²) in [5.41, 5.74) is 2.36. The van der Waals surface area contributed by atoms with Crippen LogP contribution in [-0.2, 0) is 4.79 Å². The summed E-state index contributed by atoms with van der Waals surface area (Å²) < 4.78 is 5.29. The lowest BCUT2D eigenvalue weighted by Crippen LogP contribution is -2.12. The van der Waals surface area contributed by atoms with Crippen molar-refractivity contribution in [2.45, 2.75) is 19.3 Å². The Labute approximate surface area is 139 Å². The summed E-state index contributed by atoms with van der Waals surface area (Å²) in [6.07, 6.45) is 7.74. The van der Waals surface area contributed by atoms with Gasteiger partial charge in [-0.15, -0.1) is 0 Å². The van der Waals surface area contributed by atoms with Crippen molar-refractivity contribution >= 4 is 41.1 Å². The van der Waals surface area contributed by atoms with Crippen LogP contribution in [0.15, 0.2) is 52.2 Å². The van der Waals surface area contributed by atoms with Crippen LogP contribution in [0.5, 0.6) is 0 Å². The largest absolute Gasteiger partial charge is 0.465 e. The van der Waals surface area contributed by atoms with Crippen LogP contribution in [-0.4, -0.2) is 5.78 Å². The summed E-state index contributed by atoms with van der Waals surface area (Å²) in [5.74, 6) is 0.766. The molecule has 0 unspecified atom stereocenters. The Bertz CT molecular complexity index is 755. The number of carbonyl (C=O) groups excluding carboxylic acids is 1. The molecule has 22 heavy (non-hydrogen) atoms. The number of furan rings is 1. The van der Waals surface area contributed by atoms with E-state index >= 15 is 0 Å². The number of carbonyl (C=O) groups is 1. The first-order valence-electron chi connectivity index (χ1n) is 7.08. The predicted octanol–water partition coefficient (Wildman–Crippen LogP) is 5.81. The number of hydrogen-bond donors (Lipinski definition) is 0. The van der Waals surface area contributed by atoms with E-state index in [2.05, 4.69) is 0 Å². The van der Waals surface area contributed by atoms with Gasteiger partial charge in [0.05, 0.1) is 6.26 Å². The summed E-state index contributed by atoms with van der Waals surface area (Å²) in [6, 6.07) is 8.93. The van der Waals surface area contributed by atoms with Gasteiger partial charge in [-0.2, -0.15) is 0 Å². The Morgan fingerprint density at radius 1 is 1.05 bits per heavy atom. The topological polar surface area (TPSA) is 30.2 Å². The van der Waals surface area contributed by atoms with Crippen LogP contribution < -0.4 is 0 Å². The summed E-state index contributed by atoms with van der Waals surface area (Å²) >= 11 is 12.1. The van der Waals surface area contributed by atoms with Crippen LogP contribution in [0.2, 0.25) is 10.0 Å². The van der Waals surface area contributed by atoms with Gasteiger partial charge in [0.1, 0.15) is 5.76 Å². The van der Waals surface area contributed by atoms with Gasteiger partial charge in [-0.05, 0) is 61.2 Å². The number of benzene rings is 1. The number of halogens is 2. The molecule has 0 spiro atoms. The standard InChI is InChI=1S/C18H14Cl2O2/c19-15-7-6-12(17(20)11-15)9-13-3-1-4-14(18(13)21)10-16-5-2-8-22-16/h2,5-11H,1,3-4H2. The molecule has 4 heteroatoms. The lowest BCUT2D eigenvalue weighted by Gasteiger charge is -2.16. The molecular formula is C18H14Cl2O2.